The molecule has 1 aromatic heterocycles. The summed E-state index contributed by atoms with van der Waals surface area (Å²) in [5.74, 6) is 1.54. The normalized spacial score (nSPS) is 12.1. The monoisotopic (exact) mass is 374 g/mol. The van der Waals surface area contributed by atoms with Crippen molar-refractivity contribution < 1.29 is 14.2 Å². The van der Waals surface area contributed by atoms with E-state index >= 15 is 0 Å². The zero-order valence-electron chi connectivity index (χ0n) is 14.3. The highest BCUT2D eigenvalue weighted by atomic mass is 32.1. The fourth-order valence-electron chi connectivity index (χ4n) is 2.94. The molecule has 0 aliphatic carbocycles. The number of nitrogens with zero attached hydrogens (tertiary/aromatic N) is 2. The summed E-state index contributed by atoms with van der Waals surface area (Å²) in [7, 11) is 0. The highest BCUT2D eigenvalue weighted by Gasteiger charge is 2.26. The Bertz CT molecular complexity index is 1080. The number of aromatic nitrogens is 2. The summed E-state index contributed by atoms with van der Waals surface area (Å²) in [6.07, 6.45) is 0. The van der Waals surface area contributed by atoms with Gasteiger partial charge < -0.3 is 14.8 Å². The van der Waals surface area contributed by atoms with Crippen LogP contribution in [0.2, 0.25) is 0 Å². The van der Waals surface area contributed by atoms with Gasteiger partial charge in [0.1, 0.15) is 0 Å². The maximum absolute atomic E-state index is 5.55. The summed E-state index contributed by atoms with van der Waals surface area (Å²) in [4.78, 5) is 0. The molecule has 2 heterocycles. The zero-order valence-corrected chi connectivity index (χ0v) is 15.1. The standard InChI is InChI=1S/C21H16N3O2S/c1-3-7-16(8-4-1)22-21-23-24(17-9-5-2-6-10-17)20(27-21)15-11-12-18-19(13-15)26-14-25-18/h1-13H,14H2,(H,22,23)/q+1. The number of nitrogens with one attached hydrogen (secondary N) is 1. The highest BCUT2D eigenvalue weighted by molar-refractivity contribution is 7.18. The van der Waals surface area contributed by atoms with Crippen molar-refractivity contribution in [1.29, 1.82) is 0 Å². The van der Waals surface area contributed by atoms with Crippen molar-refractivity contribution in [1.82, 2.24) is 5.10 Å². The predicted molar refractivity (Wildman–Crippen MR) is 105 cm³/mol. The van der Waals surface area contributed by atoms with Crippen molar-refractivity contribution >= 4 is 22.2 Å². The lowest BCUT2D eigenvalue weighted by molar-refractivity contribution is -0.642. The maximum atomic E-state index is 5.55. The smallest absolute Gasteiger partial charge is 0.305 e. The van der Waals surface area contributed by atoms with E-state index in [0.717, 1.165) is 38.6 Å². The van der Waals surface area contributed by atoms with Gasteiger partial charge >= 0.3 is 5.01 Å². The molecule has 5 nitrogen and oxygen atoms in total. The molecule has 0 atom stereocenters. The quantitative estimate of drug-likeness (QED) is 0.532. The molecule has 0 bridgehead atoms. The highest BCUT2D eigenvalue weighted by Crippen LogP contribution is 2.37. The first-order chi connectivity index (χ1) is 13.4. The van der Waals surface area contributed by atoms with Crippen LogP contribution in [-0.2, 0) is 0 Å². The number of rotatable bonds is 4. The third kappa shape index (κ3) is 3.11. The van der Waals surface area contributed by atoms with Gasteiger partial charge in [-0.05, 0) is 46.4 Å². The number of hydrogen-bond donors (Lipinski definition) is 1. The summed E-state index contributed by atoms with van der Waals surface area (Å²) in [5.41, 5.74) is 3.04. The number of hydrogen-bond acceptors (Lipinski definition) is 5. The van der Waals surface area contributed by atoms with Gasteiger partial charge in [-0.2, -0.15) is 0 Å². The Hall–Kier alpha value is -3.38. The van der Waals surface area contributed by atoms with Crippen molar-refractivity contribution in [3.05, 3.63) is 78.9 Å². The van der Waals surface area contributed by atoms with Gasteiger partial charge in [-0.1, -0.05) is 36.4 Å². The number of benzene rings is 3. The van der Waals surface area contributed by atoms with Crippen LogP contribution >= 0.6 is 11.3 Å². The van der Waals surface area contributed by atoms with Crippen molar-refractivity contribution in [3.8, 4) is 27.8 Å². The average molecular weight is 374 g/mol. The van der Waals surface area contributed by atoms with Crippen molar-refractivity contribution in [2.75, 3.05) is 12.1 Å². The van der Waals surface area contributed by atoms with Gasteiger partial charge in [0, 0.05) is 22.9 Å². The maximum Gasteiger partial charge on any atom is 0.305 e. The Morgan fingerprint density at radius 2 is 1.59 bits per heavy atom. The molecule has 27 heavy (non-hydrogen) atoms. The molecule has 6 heteroatoms. The molecule has 4 aromatic rings. The van der Waals surface area contributed by atoms with Crippen LogP contribution in [-0.4, -0.2) is 11.9 Å². The van der Waals surface area contributed by atoms with Crippen LogP contribution in [0.3, 0.4) is 0 Å². The molecule has 0 saturated carbocycles. The van der Waals surface area contributed by atoms with Gasteiger partial charge in [0.05, 0.1) is 5.56 Å². The summed E-state index contributed by atoms with van der Waals surface area (Å²) < 4.78 is 12.9. The van der Waals surface area contributed by atoms with E-state index in [0.29, 0.717) is 0 Å². The topological polar surface area (TPSA) is 47.3 Å². The van der Waals surface area contributed by atoms with E-state index in [1.54, 1.807) is 11.3 Å². The SMILES string of the molecule is c1ccc(Nc2n[n+](-c3ccccc3)c(-c3ccc4c(c3)OCO4)s2)cc1. The van der Waals surface area contributed by atoms with Gasteiger partial charge in [0.25, 0.3) is 5.13 Å². The Labute approximate surface area is 160 Å². The molecule has 0 unspecified atom stereocenters. The molecule has 0 spiro atoms. The van der Waals surface area contributed by atoms with E-state index in [1.807, 2.05) is 83.5 Å². The van der Waals surface area contributed by atoms with Gasteiger partial charge in [0.2, 0.25) is 12.5 Å². The Morgan fingerprint density at radius 3 is 2.41 bits per heavy atom. The number of anilines is 2. The van der Waals surface area contributed by atoms with Gasteiger partial charge in [-0.15, -0.1) is 0 Å². The van der Waals surface area contributed by atoms with E-state index in [2.05, 4.69) is 5.32 Å². The molecule has 1 aliphatic heterocycles. The Balaban J connectivity index is 1.60. The van der Waals surface area contributed by atoms with Crippen molar-refractivity contribution in [3.63, 3.8) is 0 Å². The Kier molecular flexibility index (Phi) is 3.95. The van der Waals surface area contributed by atoms with E-state index in [1.165, 1.54) is 0 Å². The predicted octanol–water partition coefficient (Wildman–Crippen LogP) is 4.56. The molecule has 0 saturated heterocycles. The molecule has 132 valence electrons. The second kappa shape index (κ2) is 6.74. The lowest BCUT2D eigenvalue weighted by atomic mass is 10.2. The van der Waals surface area contributed by atoms with Gasteiger partial charge in [0.15, 0.2) is 11.5 Å². The third-order valence-corrected chi connectivity index (χ3v) is 5.20. The van der Waals surface area contributed by atoms with Crippen LogP contribution in [0.4, 0.5) is 10.8 Å². The average Bonchev–Trinajstić information content (AvgIpc) is 3.36. The number of ether oxygens (including phenoxy) is 2. The van der Waals surface area contributed by atoms with Gasteiger partial charge in [-0.25, -0.2) is 0 Å². The van der Waals surface area contributed by atoms with Crippen LogP contribution in [0, 0.1) is 0 Å². The molecule has 0 radical (unpaired) electrons. The Morgan fingerprint density at radius 1 is 0.852 bits per heavy atom. The summed E-state index contributed by atoms with van der Waals surface area (Å²) >= 11 is 1.59. The molecule has 0 fully saturated rings. The summed E-state index contributed by atoms with van der Waals surface area (Å²) in [6.45, 7) is 0.265. The first-order valence-corrected chi connectivity index (χ1v) is 9.39. The molecule has 1 N–H and O–H groups in total. The minimum atomic E-state index is 0.265. The van der Waals surface area contributed by atoms with Crippen molar-refractivity contribution in [2.45, 2.75) is 0 Å². The van der Waals surface area contributed by atoms with E-state index < -0.39 is 0 Å². The minimum absolute atomic E-state index is 0.265. The third-order valence-electron chi connectivity index (χ3n) is 4.22. The van der Waals surface area contributed by atoms with E-state index in [-0.39, 0.29) is 6.79 Å². The zero-order chi connectivity index (χ0) is 18.1. The second-order valence-electron chi connectivity index (χ2n) is 6.02. The lowest BCUT2D eigenvalue weighted by Gasteiger charge is -1.98. The van der Waals surface area contributed by atoms with E-state index in [4.69, 9.17) is 14.6 Å². The largest absolute Gasteiger partial charge is 0.454 e. The van der Waals surface area contributed by atoms with Crippen LogP contribution in [0.1, 0.15) is 0 Å². The molecule has 3 aromatic carbocycles. The fraction of sp³-hybridized carbons (Fsp3) is 0.0476. The first-order valence-electron chi connectivity index (χ1n) is 8.57. The summed E-state index contributed by atoms with van der Waals surface area (Å²) in [6, 6.07) is 26.1. The van der Waals surface area contributed by atoms with Gasteiger partial charge in [-0.3, -0.25) is 0 Å². The van der Waals surface area contributed by atoms with Crippen LogP contribution in [0.5, 0.6) is 11.5 Å². The molecule has 5 rings (SSSR count). The van der Waals surface area contributed by atoms with Crippen LogP contribution in [0.15, 0.2) is 78.9 Å². The van der Waals surface area contributed by atoms with Crippen LogP contribution < -0.4 is 19.5 Å². The molecular weight excluding hydrogens is 358 g/mol. The summed E-state index contributed by atoms with van der Waals surface area (Å²) in [5, 5.41) is 10.0. The fourth-order valence-corrected chi connectivity index (χ4v) is 3.89. The van der Waals surface area contributed by atoms with E-state index in [9.17, 15) is 0 Å². The number of para-hydroxylation sites is 2. The minimum Gasteiger partial charge on any atom is -0.454 e. The second-order valence-corrected chi connectivity index (χ2v) is 7.00. The number of fused-ring (bicyclic) bond motifs is 1. The molecular formula is C21H16N3O2S+. The van der Waals surface area contributed by atoms with Crippen LogP contribution in [0.25, 0.3) is 16.3 Å². The molecule has 1 aliphatic rings. The molecule has 0 amide bonds. The van der Waals surface area contributed by atoms with Crippen molar-refractivity contribution in [2.24, 2.45) is 0 Å². The lowest BCUT2D eigenvalue weighted by Crippen LogP contribution is -2.34. The first kappa shape index (κ1) is 15.8.